The van der Waals surface area contributed by atoms with E-state index in [1.807, 2.05) is 13.0 Å². The topological polar surface area (TPSA) is 66.9 Å². The number of anilines is 2. The van der Waals surface area contributed by atoms with E-state index in [1.54, 1.807) is 37.6 Å². The van der Waals surface area contributed by atoms with Gasteiger partial charge >= 0.3 is 0 Å². The Labute approximate surface area is 105 Å². The Morgan fingerprint density at radius 3 is 2.50 bits per heavy atom. The predicted molar refractivity (Wildman–Crippen MR) is 70.7 cm³/mol. The maximum Gasteiger partial charge on any atom is 0.275 e. The van der Waals surface area contributed by atoms with Crippen molar-refractivity contribution in [1.82, 2.24) is 9.97 Å². The lowest BCUT2D eigenvalue weighted by Crippen LogP contribution is -2.14. The van der Waals surface area contributed by atoms with E-state index in [2.05, 4.69) is 20.6 Å². The van der Waals surface area contributed by atoms with Crippen LogP contribution in [-0.2, 0) is 0 Å². The van der Waals surface area contributed by atoms with Crippen molar-refractivity contribution in [3.8, 4) is 0 Å². The SMILES string of the molecule is CNc1ccc(C(=O)Nc2ccc(C)cn2)nc1. The number of amides is 1. The van der Waals surface area contributed by atoms with Gasteiger partial charge in [-0.25, -0.2) is 9.97 Å². The van der Waals surface area contributed by atoms with E-state index in [9.17, 15) is 4.79 Å². The maximum atomic E-state index is 11.9. The molecule has 5 heteroatoms. The van der Waals surface area contributed by atoms with Gasteiger partial charge in [0, 0.05) is 13.2 Å². The molecule has 0 aliphatic heterocycles. The van der Waals surface area contributed by atoms with E-state index < -0.39 is 0 Å². The second-order valence-corrected chi connectivity index (χ2v) is 3.86. The Morgan fingerprint density at radius 2 is 1.94 bits per heavy atom. The van der Waals surface area contributed by atoms with Crippen LogP contribution in [0.2, 0.25) is 0 Å². The second-order valence-electron chi connectivity index (χ2n) is 3.86. The summed E-state index contributed by atoms with van der Waals surface area (Å²) in [4.78, 5) is 20.0. The molecule has 0 bridgehead atoms. The highest BCUT2D eigenvalue weighted by atomic mass is 16.1. The largest absolute Gasteiger partial charge is 0.387 e. The van der Waals surface area contributed by atoms with Gasteiger partial charge in [0.05, 0.1) is 11.9 Å². The molecule has 1 amide bonds. The molecule has 0 radical (unpaired) electrons. The highest BCUT2D eigenvalue weighted by Crippen LogP contribution is 2.08. The summed E-state index contributed by atoms with van der Waals surface area (Å²) < 4.78 is 0. The number of aromatic nitrogens is 2. The zero-order valence-corrected chi connectivity index (χ0v) is 10.3. The molecule has 0 spiro atoms. The van der Waals surface area contributed by atoms with Crippen LogP contribution in [0.1, 0.15) is 16.1 Å². The van der Waals surface area contributed by atoms with Gasteiger partial charge in [0.2, 0.25) is 0 Å². The summed E-state index contributed by atoms with van der Waals surface area (Å²) in [5.41, 5.74) is 2.26. The molecule has 2 aromatic rings. The fourth-order valence-electron chi connectivity index (χ4n) is 1.40. The predicted octanol–water partition coefficient (Wildman–Crippen LogP) is 2.08. The average molecular weight is 242 g/mol. The van der Waals surface area contributed by atoms with Gasteiger partial charge in [0.25, 0.3) is 5.91 Å². The number of rotatable bonds is 3. The normalized spacial score (nSPS) is 9.89. The van der Waals surface area contributed by atoms with Gasteiger partial charge in [-0.05, 0) is 30.7 Å². The molecule has 0 aromatic carbocycles. The molecule has 0 atom stereocenters. The molecular formula is C13H14N4O. The molecule has 18 heavy (non-hydrogen) atoms. The van der Waals surface area contributed by atoms with Crippen molar-refractivity contribution in [1.29, 1.82) is 0 Å². The van der Waals surface area contributed by atoms with Crippen molar-refractivity contribution < 1.29 is 4.79 Å². The Bertz CT molecular complexity index is 534. The van der Waals surface area contributed by atoms with Crippen LogP contribution in [-0.4, -0.2) is 22.9 Å². The standard InChI is InChI=1S/C13H14N4O/c1-9-3-6-12(16-7-9)17-13(18)11-5-4-10(14-2)8-15-11/h3-8,14H,1-2H3,(H,16,17,18). The van der Waals surface area contributed by atoms with Gasteiger partial charge in [-0.1, -0.05) is 6.07 Å². The summed E-state index contributed by atoms with van der Waals surface area (Å²) in [5.74, 6) is 0.249. The van der Waals surface area contributed by atoms with Crippen LogP contribution < -0.4 is 10.6 Å². The van der Waals surface area contributed by atoms with Crippen molar-refractivity contribution in [3.63, 3.8) is 0 Å². The number of nitrogens with zero attached hydrogens (tertiary/aromatic N) is 2. The van der Waals surface area contributed by atoms with Gasteiger partial charge in [-0.2, -0.15) is 0 Å². The number of nitrogens with one attached hydrogen (secondary N) is 2. The van der Waals surface area contributed by atoms with E-state index in [0.29, 0.717) is 11.5 Å². The van der Waals surface area contributed by atoms with E-state index in [0.717, 1.165) is 11.3 Å². The minimum Gasteiger partial charge on any atom is -0.387 e. The van der Waals surface area contributed by atoms with Crippen molar-refractivity contribution in [2.24, 2.45) is 0 Å². The molecule has 5 nitrogen and oxygen atoms in total. The number of hydrogen-bond donors (Lipinski definition) is 2. The molecule has 92 valence electrons. The monoisotopic (exact) mass is 242 g/mol. The minimum absolute atomic E-state index is 0.269. The Morgan fingerprint density at radius 1 is 1.11 bits per heavy atom. The first-order valence-corrected chi connectivity index (χ1v) is 5.57. The quantitative estimate of drug-likeness (QED) is 0.864. The van der Waals surface area contributed by atoms with Crippen LogP contribution >= 0.6 is 0 Å². The number of carbonyl (C=O) groups excluding carboxylic acids is 1. The van der Waals surface area contributed by atoms with Crippen LogP contribution in [0.4, 0.5) is 11.5 Å². The van der Waals surface area contributed by atoms with Gasteiger partial charge in [-0.15, -0.1) is 0 Å². The molecule has 0 saturated carbocycles. The Kier molecular flexibility index (Phi) is 3.52. The molecule has 0 aliphatic rings. The van der Waals surface area contributed by atoms with Crippen molar-refractivity contribution in [3.05, 3.63) is 47.9 Å². The molecule has 0 saturated heterocycles. The summed E-state index contributed by atoms with van der Waals surface area (Å²) in [6.45, 7) is 1.94. The van der Waals surface area contributed by atoms with Gasteiger partial charge < -0.3 is 10.6 Å². The van der Waals surface area contributed by atoms with E-state index in [-0.39, 0.29) is 5.91 Å². The molecule has 0 fully saturated rings. The first kappa shape index (κ1) is 12.0. The highest BCUT2D eigenvalue weighted by molar-refractivity contribution is 6.02. The lowest BCUT2D eigenvalue weighted by Gasteiger charge is -2.05. The van der Waals surface area contributed by atoms with E-state index in [4.69, 9.17) is 0 Å². The second kappa shape index (κ2) is 5.27. The van der Waals surface area contributed by atoms with Crippen molar-refractivity contribution in [2.75, 3.05) is 17.7 Å². The summed E-state index contributed by atoms with van der Waals surface area (Å²) in [6, 6.07) is 7.11. The van der Waals surface area contributed by atoms with Gasteiger partial charge in [-0.3, -0.25) is 4.79 Å². The number of aryl methyl sites for hydroxylation is 1. The maximum absolute atomic E-state index is 11.9. The van der Waals surface area contributed by atoms with Gasteiger partial charge in [0.15, 0.2) is 0 Å². The van der Waals surface area contributed by atoms with Crippen LogP contribution in [0.15, 0.2) is 36.7 Å². The first-order chi connectivity index (χ1) is 8.69. The van der Waals surface area contributed by atoms with Gasteiger partial charge in [0.1, 0.15) is 11.5 Å². The van der Waals surface area contributed by atoms with E-state index >= 15 is 0 Å². The highest BCUT2D eigenvalue weighted by Gasteiger charge is 2.07. The molecular weight excluding hydrogens is 228 g/mol. The first-order valence-electron chi connectivity index (χ1n) is 5.57. The number of pyridine rings is 2. The molecule has 2 heterocycles. The zero-order chi connectivity index (χ0) is 13.0. The zero-order valence-electron chi connectivity index (χ0n) is 10.3. The molecule has 2 aromatic heterocycles. The summed E-state index contributed by atoms with van der Waals surface area (Å²) in [5, 5.41) is 5.63. The smallest absolute Gasteiger partial charge is 0.275 e. The molecule has 0 unspecified atom stereocenters. The molecule has 2 N–H and O–H groups in total. The average Bonchev–Trinajstić information content (AvgIpc) is 2.41. The van der Waals surface area contributed by atoms with Crippen LogP contribution in [0.25, 0.3) is 0 Å². The third-order valence-corrected chi connectivity index (χ3v) is 2.44. The van der Waals surface area contributed by atoms with E-state index in [1.165, 1.54) is 0 Å². The number of hydrogen-bond acceptors (Lipinski definition) is 4. The third kappa shape index (κ3) is 2.82. The fourth-order valence-corrected chi connectivity index (χ4v) is 1.40. The van der Waals surface area contributed by atoms with Crippen LogP contribution in [0.3, 0.4) is 0 Å². The van der Waals surface area contributed by atoms with Crippen LogP contribution in [0, 0.1) is 6.92 Å². The van der Waals surface area contributed by atoms with Crippen molar-refractivity contribution >= 4 is 17.4 Å². The van der Waals surface area contributed by atoms with Crippen LogP contribution in [0.5, 0.6) is 0 Å². The summed E-state index contributed by atoms with van der Waals surface area (Å²) in [6.07, 6.45) is 3.31. The van der Waals surface area contributed by atoms with Crippen molar-refractivity contribution in [2.45, 2.75) is 6.92 Å². The Hall–Kier alpha value is -2.43. The molecule has 2 rings (SSSR count). The lowest BCUT2D eigenvalue weighted by molar-refractivity contribution is 0.102. The summed E-state index contributed by atoms with van der Waals surface area (Å²) in [7, 11) is 1.80. The summed E-state index contributed by atoms with van der Waals surface area (Å²) >= 11 is 0. The third-order valence-electron chi connectivity index (χ3n) is 2.44. The minimum atomic E-state index is -0.269. The Balaban J connectivity index is 2.09. The number of carbonyl (C=O) groups is 1. The fraction of sp³-hybridized carbons (Fsp3) is 0.154. The molecule has 0 aliphatic carbocycles. The lowest BCUT2D eigenvalue weighted by atomic mass is 10.3.